The number of ether oxygens (including phenoxy) is 2. The molecule has 0 radical (unpaired) electrons. The molecule has 2 aliphatic heterocycles. The average Bonchev–Trinajstić information content (AvgIpc) is 4.08. The highest BCUT2D eigenvalue weighted by Crippen LogP contribution is 2.46. The van der Waals surface area contributed by atoms with Gasteiger partial charge in [-0.3, -0.25) is 19.1 Å². The summed E-state index contributed by atoms with van der Waals surface area (Å²) in [6, 6.07) is 8.64. The summed E-state index contributed by atoms with van der Waals surface area (Å²) in [5.74, 6) is -1.80. The number of aromatic nitrogens is 3. The van der Waals surface area contributed by atoms with Gasteiger partial charge in [-0.05, 0) is 74.9 Å². The number of rotatable bonds is 7. The molecule has 18 heteroatoms. The van der Waals surface area contributed by atoms with Crippen molar-refractivity contribution in [3.05, 3.63) is 59.8 Å². The maximum absolute atomic E-state index is 14.4. The number of thiophene rings is 1. The topological polar surface area (TPSA) is 199 Å². The van der Waals surface area contributed by atoms with Gasteiger partial charge in [-0.1, -0.05) is 36.6 Å². The van der Waals surface area contributed by atoms with E-state index in [4.69, 9.17) is 31.0 Å². The van der Waals surface area contributed by atoms with Crippen molar-refractivity contribution in [3.8, 4) is 17.3 Å². The number of nitrogens with zero attached hydrogens (tertiary/aromatic N) is 4. The molecule has 8 rings (SSSR count). The van der Waals surface area contributed by atoms with E-state index >= 15 is 0 Å². The number of allylic oxidation sites excluding steroid dienone is 1. The van der Waals surface area contributed by atoms with Crippen LogP contribution in [0.4, 0.5) is 4.79 Å². The number of hydrogen-bond acceptors (Lipinski definition) is 12. The highest BCUT2D eigenvalue weighted by molar-refractivity contribution is 7.91. The lowest BCUT2D eigenvalue weighted by Crippen LogP contribution is -2.58. The fourth-order valence-electron chi connectivity index (χ4n) is 7.47. The Morgan fingerprint density at radius 3 is 2.64 bits per heavy atom. The number of benzene rings is 1. The normalized spacial score (nSPS) is 26.3. The Bertz CT molecular complexity index is 2350. The van der Waals surface area contributed by atoms with Gasteiger partial charge >= 0.3 is 6.09 Å². The van der Waals surface area contributed by atoms with E-state index < -0.39 is 68.7 Å². The maximum Gasteiger partial charge on any atom is 0.407 e. The minimum Gasteiger partial charge on any atom is -0.471 e. The van der Waals surface area contributed by atoms with E-state index in [1.807, 2.05) is 24.3 Å². The number of alkyl carbamates (subject to hydrolysis) is 1. The minimum atomic E-state index is -3.91. The molecule has 2 aliphatic carbocycles. The lowest BCUT2D eigenvalue weighted by molar-refractivity contribution is -0.141. The number of nitrogens with one attached hydrogen (secondary N) is 3. The van der Waals surface area contributed by atoms with E-state index in [1.54, 1.807) is 30.5 Å². The zero-order chi connectivity index (χ0) is 39.2. The van der Waals surface area contributed by atoms with E-state index in [1.165, 1.54) is 23.3 Å². The number of sulfonamides is 1. The molecule has 15 nitrogen and oxygen atoms in total. The maximum atomic E-state index is 14.4. The zero-order valence-corrected chi connectivity index (χ0v) is 32.8. The van der Waals surface area contributed by atoms with Gasteiger partial charge in [0.1, 0.15) is 33.3 Å². The summed E-state index contributed by atoms with van der Waals surface area (Å²) in [6.45, 7) is -0.0558. The van der Waals surface area contributed by atoms with Crippen LogP contribution < -0.4 is 20.1 Å². The van der Waals surface area contributed by atoms with Crippen molar-refractivity contribution in [1.29, 1.82) is 0 Å². The molecule has 0 unspecified atom stereocenters. The van der Waals surface area contributed by atoms with E-state index in [2.05, 4.69) is 20.3 Å². The second-order valence-electron chi connectivity index (χ2n) is 14.7. The van der Waals surface area contributed by atoms with Gasteiger partial charge in [-0.15, -0.1) is 11.3 Å². The summed E-state index contributed by atoms with van der Waals surface area (Å²) >= 11 is 7.53. The van der Waals surface area contributed by atoms with Crippen molar-refractivity contribution in [1.82, 2.24) is 35.2 Å². The molecule has 4 amide bonds. The van der Waals surface area contributed by atoms with Crippen molar-refractivity contribution in [2.45, 2.75) is 86.8 Å². The van der Waals surface area contributed by atoms with E-state index in [0.717, 1.165) is 23.1 Å². The average molecular weight is 822 g/mol. The number of fused-ring (bicyclic) bond motifs is 5. The van der Waals surface area contributed by atoms with Gasteiger partial charge in [-0.25, -0.2) is 23.2 Å². The van der Waals surface area contributed by atoms with Crippen LogP contribution in [0.15, 0.2) is 54.7 Å². The molecular weight excluding hydrogens is 782 g/mol. The molecule has 1 saturated heterocycles. The van der Waals surface area contributed by atoms with Gasteiger partial charge < -0.3 is 25.0 Å². The Hall–Kier alpha value is -4.87. The fourth-order valence-corrected chi connectivity index (χ4v) is 9.97. The zero-order valence-electron chi connectivity index (χ0n) is 30.4. The van der Waals surface area contributed by atoms with Crippen LogP contribution in [-0.2, 0) is 29.1 Å². The number of methoxy groups -OCH3 is 1. The van der Waals surface area contributed by atoms with Gasteiger partial charge in [0.15, 0.2) is 5.82 Å². The highest BCUT2D eigenvalue weighted by Gasteiger charge is 2.62. The summed E-state index contributed by atoms with van der Waals surface area (Å²) in [4.78, 5) is 71.4. The van der Waals surface area contributed by atoms with Gasteiger partial charge in [0.25, 0.3) is 5.91 Å². The summed E-state index contributed by atoms with van der Waals surface area (Å²) in [5.41, 5.74) is -0.210. The molecule has 0 bridgehead atoms. The SMILES string of the molecule is COC(=O)N[C@H]1CCCCC/C=C\[C@H]2C[C@@]2(C(=O)NS(=O)(=O)C2CC2)NC(=O)[C@@H]2C[C@@H](Oc3nc(-c4ccc(Cl)cc4)nc4c3sc3ncccc34)CN2C1=O. The number of hydrogen-bond donors (Lipinski definition) is 3. The molecule has 4 aliphatic rings. The van der Waals surface area contributed by atoms with Crippen LogP contribution >= 0.6 is 22.9 Å². The van der Waals surface area contributed by atoms with Crippen LogP contribution in [0.1, 0.15) is 57.8 Å². The van der Waals surface area contributed by atoms with Crippen molar-refractivity contribution < 1.29 is 37.1 Å². The first-order chi connectivity index (χ1) is 27.0. The van der Waals surface area contributed by atoms with Crippen LogP contribution in [0.25, 0.3) is 31.8 Å². The Kier molecular flexibility index (Phi) is 10.3. The van der Waals surface area contributed by atoms with Gasteiger partial charge in [0.05, 0.1) is 24.4 Å². The van der Waals surface area contributed by atoms with Crippen LogP contribution in [-0.4, -0.2) is 94.7 Å². The van der Waals surface area contributed by atoms with Gasteiger partial charge in [0, 0.05) is 34.5 Å². The molecule has 4 aromatic rings. The molecule has 5 heterocycles. The Morgan fingerprint density at radius 2 is 1.88 bits per heavy atom. The third kappa shape index (κ3) is 7.63. The molecule has 3 fully saturated rings. The van der Waals surface area contributed by atoms with E-state index in [9.17, 15) is 27.6 Å². The molecule has 294 valence electrons. The number of carbonyl (C=O) groups is 4. The lowest BCUT2D eigenvalue weighted by atomic mass is 10.1. The smallest absolute Gasteiger partial charge is 0.407 e. The highest BCUT2D eigenvalue weighted by atomic mass is 35.5. The van der Waals surface area contributed by atoms with Crippen molar-refractivity contribution >= 4 is 77.2 Å². The van der Waals surface area contributed by atoms with Crippen LogP contribution in [0, 0.1) is 5.92 Å². The summed E-state index contributed by atoms with van der Waals surface area (Å²) in [7, 11) is -2.70. The lowest BCUT2D eigenvalue weighted by Gasteiger charge is -2.29. The standard InChI is InChI=1S/C38H40ClN7O8S2/c1-53-37(50)41-27-10-6-4-2-3-5-8-22-19-38(22,36(49)45-56(51,52)25-15-16-25)44-32(47)28-18-24(20-46(28)35(27)48)54-33-30-29(26-9-7-17-40-34(26)55-30)42-31(43-33)21-11-13-23(39)14-12-21/h5,7-9,11-14,17,22,24-25,27-28H,2-4,6,10,15-16,18-20H2,1H3,(H,41,50)(H,44,47)(H,45,49)/b8-5-/t22-,24+,27-,28-,38+/m0/s1. The van der Waals surface area contributed by atoms with Crippen LogP contribution in [0.5, 0.6) is 5.88 Å². The quantitative estimate of drug-likeness (QED) is 0.220. The third-order valence-corrected chi connectivity index (χ3v) is 13.9. The molecule has 5 atom stereocenters. The van der Waals surface area contributed by atoms with E-state index in [-0.39, 0.29) is 25.3 Å². The molecule has 1 aromatic carbocycles. The first-order valence-electron chi connectivity index (χ1n) is 18.6. The number of carbonyl (C=O) groups excluding carboxylic acids is 4. The molecule has 3 aromatic heterocycles. The second-order valence-corrected chi connectivity index (χ2v) is 18.1. The number of amides is 4. The predicted molar refractivity (Wildman–Crippen MR) is 208 cm³/mol. The predicted octanol–water partition coefficient (Wildman–Crippen LogP) is 4.64. The molecular formula is C38H40ClN7O8S2. The monoisotopic (exact) mass is 821 g/mol. The minimum absolute atomic E-state index is 0.00597. The largest absolute Gasteiger partial charge is 0.471 e. The Morgan fingerprint density at radius 1 is 1.07 bits per heavy atom. The van der Waals surface area contributed by atoms with E-state index in [0.29, 0.717) is 58.7 Å². The molecule has 3 N–H and O–H groups in total. The third-order valence-electron chi connectivity index (χ3n) is 10.8. The van der Waals surface area contributed by atoms with Crippen molar-refractivity contribution in [2.24, 2.45) is 5.92 Å². The van der Waals surface area contributed by atoms with Crippen molar-refractivity contribution in [2.75, 3.05) is 13.7 Å². The van der Waals surface area contributed by atoms with Crippen LogP contribution in [0.3, 0.4) is 0 Å². The first kappa shape index (κ1) is 38.0. The molecule has 56 heavy (non-hydrogen) atoms. The second kappa shape index (κ2) is 15.2. The Labute approximate surface area is 331 Å². The summed E-state index contributed by atoms with van der Waals surface area (Å²) in [5, 5.41) is 6.24. The van der Waals surface area contributed by atoms with Crippen molar-refractivity contribution in [3.63, 3.8) is 0 Å². The molecule has 0 spiro atoms. The number of halogens is 1. The summed E-state index contributed by atoms with van der Waals surface area (Å²) in [6.07, 6.45) is 8.18. The molecule has 2 saturated carbocycles. The fraction of sp³-hybridized carbons (Fsp3) is 0.447. The van der Waals surface area contributed by atoms with Gasteiger partial charge in [0.2, 0.25) is 27.7 Å². The Balaban J connectivity index is 1.15. The van der Waals surface area contributed by atoms with Gasteiger partial charge in [-0.2, -0.15) is 4.98 Å². The summed E-state index contributed by atoms with van der Waals surface area (Å²) < 4.78 is 40.1. The first-order valence-corrected chi connectivity index (χ1v) is 21.4. The number of pyridine rings is 1. The van der Waals surface area contributed by atoms with Crippen LogP contribution in [0.2, 0.25) is 5.02 Å².